The number of unbranched alkanes of at least 4 members (excludes halogenated alkanes) is 4. The Morgan fingerprint density at radius 3 is 2.36 bits per heavy atom. The number of carbonyl (C=O) groups excluding carboxylic acids is 3. The molecule has 1 aromatic rings. The van der Waals surface area contributed by atoms with Gasteiger partial charge in [0.1, 0.15) is 17.6 Å². The lowest BCUT2D eigenvalue weighted by atomic mass is 9.62. The maximum Gasteiger partial charge on any atom is 0.312 e. The van der Waals surface area contributed by atoms with Crippen molar-refractivity contribution in [3.63, 3.8) is 0 Å². The van der Waals surface area contributed by atoms with E-state index in [0.717, 1.165) is 43.7 Å². The fourth-order valence-electron chi connectivity index (χ4n) is 7.89. The topological polar surface area (TPSA) is 99.6 Å². The minimum Gasteiger partial charge on any atom is -0.465 e. The van der Waals surface area contributed by atoms with E-state index in [1.165, 1.54) is 0 Å². The number of amides is 2. The fraction of sp³-hybridized carbons (Fsp3) is 0.639. The van der Waals surface area contributed by atoms with Crippen LogP contribution in [-0.2, 0) is 23.9 Å². The minimum atomic E-state index is -1.14. The number of aliphatic hydroxyl groups is 1. The summed E-state index contributed by atoms with van der Waals surface area (Å²) in [4.78, 5) is 48.6. The monoisotopic (exact) mass is 623 g/mol. The average molecular weight is 624 g/mol. The molecule has 2 amide bonds. The van der Waals surface area contributed by atoms with Crippen molar-refractivity contribution in [2.24, 2.45) is 17.8 Å². The third kappa shape index (κ3) is 6.43. The molecule has 9 nitrogen and oxygen atoms in total. The zero-order valence-corrected chi connectivity index (χ0v) is 27.7. The van der Waals surface area contributed by atoms with E-state index in [9.17, 15) is 19.5 Å². The van der Waals surface area contributed by atoms with Crippen LogP contribution in [0.5, 0.6) is 0 Å². The van der Waals surface area contributed by atoms with E-state index in [-0.39, 0.29) is 37.5 Å². The summed E-state index contributed by atoms with van der Waals surface area (Å²) in [5.41, 5.74) is -0.270. The molecule has 0 radical (unpaired) electrons. The van der Waals surface area contributed by atoms with Crippen molar-refractivity contribution in [1.29, 1.82) is 0 Å². The zero-order valence-electron chi connectivity index (χ0n) is 27.7. The molecule has 3 heterocycles. The number of benzene rings is 1. The maximum absolute atomic E-state index is 14.9. The van der Waals surface area contributed by atoms with E-state index in [4.69, 9.17) is 9.47 Å². The lowest BCUT2D eigenvalue weighted by Crippen LogP contribution is -2.57. The number of rotatable bonds is 18. The van der Waals surface area contributed by atoms with Gasteiger partial charge < -0.3 is 29.3 Å². The number of nitrogens with zero attached hydrogens (tertiary/aromatic N) is 3. The van der Waals surface area contributed by atoms with Crippen LogP contribution in [0, 0.1) is 17.8 Å². The number of allylic oxidation sites excluding steroid dienone is 1. The second-order valence-electron chi connectivity index (χ2n) is 12.9. The standard InChI is InChI=1S/C36H53N3O6/c1-7-11-16-24-44-34(43)30-29-32(41)39(22-14-12-13-15-23-40)31(36(29)25-26(5)35(30,6)45-36)33(42)38(21-8-2)28-19-17-27(18-20-28)37(9-3)10-4/h7-8,17-20,26,29-31,40H,1-2,9-16,21-25H2,3-6H3/t26?,29-,30-,31?,35+,36?/m0/s1. The first-order valence-electron chi connectivity index (χ1n) is 16.8. The molecular weight excluding hydrogens is 570 g/mol. The molecule has 2 bridgehead atoms. The molecule has 248 valence electrons. The number of carbonyl (C=O) groups is 3. The fourth-order valence-corrected chi connectivity index (χ4v) is 7.89. The average Bonchev–Trinajstić information content (AvgIpc) is 3.55. The van der Waals surface area contributed by atoms with Crippen LogP contribution < -0.4 is 9.80 Å². The number of esters is 1. The predicted octanol–water partition coefficient (Wildman–Crippen LogP) is 5.12. The van der Waals surface area contributed by atoms with Crippen LogP contribution in [0.15, 0.2) is 49.6 Å². The van der Waals surface area contributed by atoms with Crippen molar-refractivity contribution in [3.8, 4) is 0 Å². The summed E-state index contributed by atoms with van der Waals surface area (Å²) in [5, 5.41) is 9.24. The lowest BCUT2D eigenvalue weighted by molar-refractivity contribution is -0.161. The van der Waals surface area contributed by atoms with Crippen LogP contribution in [0.4, 0.5) is 11.4 Å². The summed E-state index contributed by atoms with van der Waals surface area (Å²) in [6.07, 6.45) is 8.39. The molecule has 1 aromatic carbocycles. The Morgan fingerprint density at radius 2 is 1.73 bits per heavy atom. The Balaban J connectivity index is 1.71. The van der Waals surface area contributed by atoms with E-state index >= 15 is 0 Å². The highest BCUT2D eigenvalue weighted by Crippen LogP contribution is 2.65. The van der Waals surface area contributed by atoms with Gasteiger partial charge in [-0.1, -0.05) is 31.9 Å². The number of hydrogen-bond acceptors (Lipinski definition) is 7. The molecular formula is C36H53N3O6. The molecule has 3 aliphatic heterocycles. The number of fused-ring (bicyclic) bond motifs is 1. The number of hydrogen-bond donors (Lipinski definition) is 1. The molecule has 6 atom stereocenters. The summed E-state index contributed by atoms with van der Waals surface area (Å²) in [5.74, 6) is -2.53. The van der Waals surface area contributed by atoms with Crippen molar-refractivity contribution in [3.05, 3.63) is 49.6 Å². The first-order chi connectivity index (χ1) is 21.6. The van der Waals surface area contributed by atoms with Gasteiger partial charge in [-0.3, -0.25) is 14.4 Å². The molecule has 3 aliphatic rings. The van der Waals surface area contributed by atoms with Crippen LogP contribution in [-0.4, -0.2) is 84.4 Å². The van der Waals surface area contributed by atoms with Crippen molar-refractivity contribution in [1.82, 2.24) is 4.90 Å². The van der Waals surface area contributed by atoms with Crippen LogP contribution >= 0.6 is 0 Å². The molecule has 3 unspecified atom stereocenters. The second kappa shape index (κ2) is 14.9. The largest absolute Gasteiger partial charge is 0.465 e. The van der Waals surface area contributed by atoms with Gasteiger partial charge in [-0.05, 0) is 83.1 Å². The van der Waals surface area contributed by atoms with Crippen LogP contribution in [0.1, 0.15) is 72.6 Å². The second-order valence-corrected chi connectivity index (χ2v) is 12.9. The van der Waals surface area contributed by atoms with E-state index in [1.807, 2.05) is 38.1 Å². The van der Waals surface area contributed by atoms with E-state index in [2.05, 4.69) is 31.9 Å². The Morgan fingerprint density at radius 1 is 1.07 bits per heavy atom. The van der Waals surface area contributed by atoms with Gasteiger partial charge in [0.2, 0.25) is 5.91 Å². The molecule has 0 aromatic heterocycles. The normalized spacial score (nSPS) is 28.2. The van der Waals surface area contributed by atoms with E-state index < -0.39 is 35.0 Å². The maximum atomic E-state index is 14.9. The van der Waals surface area contributed by atoms with Gasteiger partial charge in [0.25, 0.3) is 5.91 Å². The van der Waals surface area contributed by atoms with Crippen molar-refractivity contribution in [2.45, 2.75) is 89.9 Å². The van der Waals surface area contributed by atoms with Crippen LogP contribution in [0.3, 0.4) is 0 Å². The third-order valence-electron chi connectivity index (χ3n) is 10.3. The summed E-state index contributed by atoms with van der Waals surface area (Å²) in [6.45, 7) is 18.6. The quantitative estimate of drug-likeness (QED) is 0.138. The van der Waals surface area contributed by atoms with Gasteiger partial charge in [-0.25, -0.2) is 0 Å². The molecule has 1 spiro atoms. The highest BCUT2D eigenvalue weighted by Gasteiger charge is 2.80. The van der Waals surface area contributed by atoms with Crippen molar-refractivity contribution in [2.75, 3.05) is 49.2 Å². The summed E-state index contributed by atoms with van der Waals surface area (Å²) in [6, 6.07) is 7.04. The molecule has 4 rings (SSSR count). The highest BCUT2D eigenvalue weighted by molar-refractivity contribution is 6.05. The van der Waals surface area contributed by atoms with Crippen molar-refractivity contribution >= 4 is 29.2 Å². The Kier molecular flexibility index (Phi) is 11.5. The molecule has 0 aliphatic carbocycles. The number of likely N-dealkylation sites (tertiary alicyclic amines) is 1. The zero-order chi connectivity index (χ0) is 32.8. The molecule has 3 saturated heterocycles. The molecule has 3 fully saturated rings. The molecule has 45 heavy (non-hydrogen) atoms. The highest BCUT2D eigenvalue weighted by atomic mass is 16.6. The third-order valence-corrected chi connectivity index (χ3v) is 10.3. The van der Waals surface area contributed by atoms with Gasteiger partial charge in [0.05, 0.1) is 18.1 Å². The molecule has 1 N–H and O–H groups in total. The van der Waals surface area contributed by atoms with E-state index in [0.29, 0.717) is 32.2 Å². The number of anilines is 2. The number of aliphatic hydroxyl groups excluding tert-OH is 1. The lowest BCUT2D eigenvalue weighted by Gasteiger charge is -2.37. The molecule has 9 heteroatoms. The molecule has 0 saturated carbocycles. The van der Waals surface area contributed by atoms with Crippen LogP contribution in [0.25, 0.3) is 0 Å². The minimum absolute atomic E-state index is 0.0618. The van der Waals surface area contributed by atoms with Gasteiger partial charge in [-0.15, -0.1) is 13.2 Å². The van der Waals surface area contributed by atoms with Gasteiger partial charge in [0, 0.05) is 44.2 Å². The SMILES string of the molecule is C=CCCCOC(=O)[C@@H]1[C@H]2C(=O)N(CCCCCCO)C(C(=O)N(CC=C)c3ccc(N(CC)CC)cc3)C23CC(C)[C@@]1(C)O3. The number of ether oxygens (including phenoxy) is 2. The summed E-state index contributed by atoms with van der Waals surface area (Å²) in [7, 11) is 0. The summed E-state index contributed by atoms with van der Waals surface area (Å²) < 4.78 is 12.6. The smallest absolute Gasteiger partial charge is 0.312 e. The first-order valence-corrected chi connectivity index (χ1v) is 16.8. The van der Waals surface area contributed by atoms with Gasteiger partial charge in [0.15, 0.2) is 0 Å². The van der Waals surface area contributed by atoms with Crippen molar-refractivity contribution < 1.29 is 29.0 Å². The summed E-state index contributed by atoms with van der Waals surface area (Å²) >= 11 is 0. The Bertz CT molecular complexity index is 1220. The van der Waals surface area contributed by atoms with Gasteiger partial charge >= 0.3 is 5.97 Å². The Hall–Kier alpha value is -3.17. The van der Waals surface area contributed by atoms with Gasteiger partial charge in [-0.2, -0.15) is 0 Å². The van der Waals surface area contributed by atoms with Crippen LogP contribution in [0.2, 0.25) is 0 Å². The first kappa shape index (κ1) is 34.7. The Labute approximate surface area is 269 Å². The predicted molar refractivity (Wildman–Crippen MR) is 177 cm³/mol. The van der Waals surface area contributed by atoms with E-state index in [1.54, 1.807) is 22.0 Å².